The van der Waals surface area contributed by atoms with Gasteiger partial charge >= 0.3 is 0 Å². The fourth-order valence-electron chi connectivity index (χ4n) is 2.80. The first kappa shape index (κ1) is 21.4. The minimum Gasteiger partial charge on any atom is -0.398 e. The van der Waals surface area contributed by atoms with E-state index in [2.05, 4.69) is 40.4 Å². The number of carbonyl (C=O) groups excluding carboxylic acids is 1. The maximum atomic E-state index is 12.2. The Kier molecular flexibility index (Phi) is 7.95. The van der Waals surface area contributed by atoms with Crippen molar-refractivity contribution < 1.29 is 14.5 Å². The van der Waals surface area contributed by atoms with Crippen LogP contribution in [0.2, 0.25) is 6.55 Å². The topological polar surface area (TPSA) is 72.3 Å². The van der Waals surface area contributed by atoms with E-state index in [1.807, 2.05) is 38.1 Å². The molecule has 0 spiro atoms. The highest BCUT2D eigenvalue weighted by molar-refractivity contribution is 6.52. The lowest BCUT2D eigenvalue weighted by atomic mass is 9.98. The van der Waals surface area contributed by atoms with Gasteiger partial charge < -0.3 is 15.0 Å². The number of benzene rings is 2. The Balaban J connectivity index is 2.26. The van der Waals surface area contributed by atoms with Gasteiger partial charge in [-0.15, -0.1) is 0 Å². The quantitative estimate of drug-likeness (QED) is 0.420. The van der Waals surface area contributed by atoms with Gasteiger partial charge in [0.15, 0.2) is 5.71 Å². The highest BCUT2D eigenvalue weighted by Gasteiger charge is 2.19. The van der Waals surface area contributed by atoms with Crippen LogP contribution in [0.5, 0.6) is 0 Å². The second kappa shape index (κ2) is 10.4. The maximum Gasteiger partial charge on any atom is 0.273 e. The van der Waals surface area contributed by atoms with Crippen molar-refractivity contribution in [2.24, 2.45) is 10.3 Å². The van der Waals surface area contributed by atoms with Crippen molar-refractivity contribution in [3.63, 3.8) is 0 Å². The summed E-state index contributed by atoms with van der Waals surface area (Å²) in [6.07, 6.45) is 0. The molecule has 1 N–H and O–H groups in total. The Labute approximate surface area is 168 Å². The van der Waals surface area contributed by atoms with Crippen molar-refractivity contribution in [3.05, 3.63) is 64.7 Å². The van der Waals surface area contributed by atoms with Crippen LogP contribution in [-0.2, 0) is 21.1 Å². The molecule has 0 aromatic heterocycles. The van der Waals surface area contributed by atoms with Crippen LogP contribution in [0, 0.1) is 6.92 Å². The van der Waals surface area contributed by atoms with Gasteiger partial charge in [0.05, 0.1) is 15.2 Å². The predicted octanol–water partition coefficient (Wildman–Crippen LogP) is 1.87. The van der Waals surface area contributed by atoms with E-state index in [9.17, 15) is 4.79 Å². The van der Waals surface area contributed by atoms with Crippen molar-refractivity contribution in [1.82, 2.24) is 5.32 Å². The Morgan fingerprint density at radius 2 is 1.93 bits per heavy atom. The van der Waals surface area contributed by atoms with Gasteiger partial charge in [0.25, 0.3) is 5.91 Å². The van der Waals surface area contributed by atoms with Gasteiger partial charge in [-0.3, -0.25) is 4.79 Å². The fourth-order valence-corrected chi connectivity index (χ4v) is 3.60. The molecule has 0 bridgehead atoms. The first-order valence-electron chi connectivity index (χ1n) is 9.19. The lowest BCUT2D eigenvalue weighted by Crippen LogP contribution is -2.29. The molecular weight excluding hydrogens is 370 g/mol. The largest absolute Gasteiger partial charge is 0.398 e. The molecule has 28 heavy (non-hydrogen) atoms. The summed E-state index contributed by atoms with van der Waals surface area (Å²) in [6.45, 7) is 6.37. The summed E-state index contributed by atoms with van der Waals surface area (Å²) >= 11 is 0. The van der Waals surface area contributed by atoms with Crippen molar-refractivity contribution in [2.75, 3.05) is 14.2 Å². The molecule has 0 unspecified atom stereocenters. The number of hydrogen-bond acceptors (Lipinski definition) is 5. The monoisotopic (exact) mass is 397 g/mol. The van der Waals surface area contributed by atoms with Crippen LogP contribution in [0.25, 0.3) is 0 Å². The zero-order valence-corrected chi connectivity index (χ0v) is 18.5. The summed E-state index contributed by atoms with van der Waals surface area (Å²) in [5, 5.41) is 12.1. The number of amides is 1. The van der Waals surface area contributed by atoms with E-state index < -0.39 is 0 Å². The molecular formula is C21H27N3O3Si. The molecule has 7 heteroatoms. The number of oxime groups is 2. The summed E-state index contributed by atoms with van der Waals surface area (Å²) in [7, 11) is 2.75. The first-order chi connectivity index (χ1) is 13.5. The van der Waals surface area contributed by atoms with Gasteiger partial charge in [0.2, 0.25) is 0 Å². The third-order valence-electron chi connectivity index (χ3n) is 4.45. The van der Waals surface area contributed by atoms with Gasteiger partial charge in [0, 0.05) is 18.2 Å². The molecule has 2 aromatic rings. The van der Waals surface area contributed by atoms with Crippen LogP contribution in [0.4, 0.5) is 0 Å². The van der Waals surface area contributed by atoms with Crippen LogP contribution in [0.3, 0.4) is 0 Å². The highest BCUT2D eigenvalue weighted by atomic mass is 28.2. The van der Waals surface area contributed by atoms with Crippen molar-refractivity contribution in [1.29, 1.82) is 0 Å². The van der Waals surface area contributed by atoms with Gasteiger partial charge in [0.1, 0.15) is 13.7 Å². The molecule has 6 nitrogen and oxygen atoms in total. The summed E-state index contributed by atoms with van der Waals surface area (Å²) in [6, 6.07) is 14.1. The van der Waals surface area contributed by atoms with E-state index in [4.69, 9.17) is 9.68 Å². The zero-order chi connectivity index (χ0) is 20.5. The van der Waals surface area contributed by atoms with Gasteiger partial charge in [-0.05, 0) is 25.0 Å². The Morgan fingerprint density at radius 1 is 1.18 bits per heavy atom. The predicted molar refractivity (Wildman–Crippen MR) is 116 cm³/mol. The summed E-state index contributed by atoms with van der Waals surface area (Å²) in [4.78, 5) is 22.7. The highest BCUT2D eigenvalue weighted by Crippen LogP contribution is 2.17. The molecule has 0 radical (unpaired) electrons. The molecule has 2 rings (SSSR count). The molecule has 0 atom stereocenters. The Hall–Kier alpha value is -2.93. The van der Waals surface area contributed by atoms with E-state index in [1.165, 1.54) is 12.3 Å². The fraction of sp³-hybridized carbons (Fsp3) is 0.286. The number of rotatable bonds is 8. The van der Waals surface area contributed by atoms with Crippen LogP contribution >= 0.6 is 0 Å². The molecule has 0 fully saturated rings. The van der Waals surface area contributed by atoms with Crippen molar-refractivity contribution >= 4 is 32.0 Å². The van der Waals surface area contributed by atoms with Crippen LogP contribution in [0.1, 0.15) is 29.2 Å². The molecule has 0 aliphatic rings. The Bertz CT molecular complexity index is 894. The standard InChI is InChI=1S/C21H27N3O3Si/c1-14-8-6-11-18(20(24-26-4)21(25)22-3)19(14)13-27-23-15(2)16-9-7-10-17(12-16)28-5/h6-12H,13,28H2,1-5H3,(H,22,25)/b23-15+,24-20+. The summed E-state index contributed by atoms with van der Waals surface area (Å²) in [5.41, 5.74) is 4.56. The second-order valence-corrected chi connectivity index (χ2v) is 7.83. The molecule has 2 aromatic carbocycles. The average Bonchev–Trinajstić information content (AvgIpc) is 2.72. The van der Waals surface area contributed by atoms with E-state index in [1.54, 1.807) is 7.05 Å². The van der Waals surface area contributed by atoms with Gasteiger partial charge in [-0.2, -0.15) is 0 Å². The lowest BCUT2D eigenvalue weighted by Gasteiger charge is -2.13. The summed E-state index contributed by atoms with van der Waals surface area (Å²) < 4.78 is 0. The van der Waals surface area contributed by atoms with Crippen LogP contribution in [0.15, 0.2) is 52.8 Å². The minimum absolute atomic E-state index is 0.202. The maximum absolute atomic E-state index is 12.2. The van der Waals surface area contributed by atoms with E-state index in [0.717, 1.165) is 22.4 Å². The molecule has 148 valence electrons. The van der Waals surface area contributed by atoms with Gasteiger partial charge in [-0.25, -0.2) is 0 Å². The number of nitrogens with zero attached hydrogens (tertiary/aromatic N) is 2. The molecule has 0 saturated heterocycles. The van der Waals surface area contributed by atoms with E-state index in [0.29, 0.717) is 5.56 Å². The number of carbonyl (C=O) groups is 1. The van der Waals surface area contributed by atoms with Crippen molar-refractivity contribution in [2.45, 2.75) is 27.0 Å². The number of aryl methyl sites for hydroxylation is 1. The van der Waals surface area contributed by atoms with Crippen LogP contribution in [-0.4, -0.2) is 41.0 Å². The first-order valence-corrected chi connectivity index (χ1v) is 11.3. The molecule has 0 heterocycles. The average molecular weight is 398 g/mol. The lowest BCUT2D eigenvalue weighted by molar-refractivity contribution is -0.114. The third kappa shape index (κ3) is 5.29. The number of hydrogen-bond donors (Lipinski definition) is 1. The molecule has 0 aliphatic heterocycles. The Morgan fingerprint density at radius 3 is 2.61 bits per heavy atom. The normalized spacial score (nSPS) is 12.3. The van der Waals surface area contributed by atoms with Gasteiger partial charge in [-0.1, -0.05) is 64.5 Å². The second-order valence-electron chi connectivity index (χ2n) is 6.31. The SMILES string of the molecule is CNC(=O)/C(=N/OC)c1cccc(C)c1CO/N=C(\C)c1cccc([SiH2]C)c1. The third-order valence-corrected chi connectivity index (χ3v) is 5.71. The van der Waals surface area contributed by atoms with Crippen LogP contribution < -0.4 is 10.5 Å². The number of nitrogens with one attached hydrogen (secondary N) is 1. The molecule has 1 amide bonds. The van der Waals surface area contributed by atoms with E-state index in [-0.39, 0.29) is 27.7 Å². The molecule has 0 saturated carbocycles. The molecule has 0 aliphatic carbocycles. The smallest absolute Gasteiger partial charge is 0.273 e. The van der Waals surface area contributed by atoms with E-state index >= 15 is 0 Å². The number of likely N-dealkylation sites (N-methyl/N-ethyl adjacent to an activating group) is 1. The van der Waals surface area contributed by atoms with Crippen molar-refractivity contribution in [3.8, 4) is 0 Å². The minimum atomic E-state index is -0.325. The summed E-state index contributed by atoms with van der Waals surface area (Å²) in [5.74, 6) is -0.325. The zero-order valence-electron chi connectivity index (χ0n) is 17.1.